The predicted molar refractivity (Wildman–Crippen MR) is 249 cm³/mol. The molecule has 3 aromatic heterocycles. The fourth-order valence-electron chi connectivity index (χ4n) is 7.70. The molecule has 10 rings (SSSR count). The quantitative estimate of drug-likeness (QED) is 0.123. The topological polar surface area (TPSA) is 76.2 Å². The van der Waals surface area contributed by atoms with Crippen molar-refractivity contribution in [3.05, 3.63) is 203 Å². The molecule has 3 heterocycles. The van der Waals surface area contributed by atoms with Crippen LogP contribution in [-0.2, 0) is 6.42 Å². The van der Waals surface area contributed by atoms with Gasteiger partial charge in [-0.25, -0.2) is 15.0 Å². The van der Waals surface area contributed by atoms with E-state index in [1.165, 1.54) is 20.2 Å². The molecule has 0 saturated carbocycles. The van der Waals surface area contributed by atoms with E-state index in [0.717, 1.165) is 76.1 Å². The van der Waals surface area contributed by atoms with Gasteiger partial charge in [0.25, 0.3) is 0 Å². The zero-order valence-electron chi connectivity index (χ0n) is 31.6. The number of aliphatic imine (C=N–C) groups is 3. The Kier molecular flexibility index (Phi) is 9.09. The Balaban J connectivity index is 1.09. The first-order valence-corrected chi connectivity index (χ1v) is 20.8. The van der Waals surface area contributed by atoms with Crippen LogP contribution in [0, 0.1) is 0 Å². The van der Waals surface area contributed by atoms with Gasteiger partial charge in [0.15, 0.2) is 5.84 Å². The van der Waals surface area contributed by atoms with Crippen LogP contribution in [0.2, 0.25) is 0 Å². The lowest BCUT2D eigenvalue weighted by atomic mass is 10.0. The summed E-state index contributed by atoms with van der Waals surface area (Å²) in [5.41, 5.74) is 15.6. The van der Waals surface area contributed by atoms with E-state index in [2.05, 4.69) is 104 Å². The molecule has 0 spiro atoms. The SMILES string of the molecule is C=C(N=C(N=C(C)c1cccc2oc3ccc(Cc4sc5ccccc5c4N=C(N)c4ccccc4)cc3c12)c1cccc2c1sc1ccccc12)c1ccccc1. The van der Waals surface area contributed by atoms with Gasteiger partial charge in [-0.15, -0.1) is 22.7 Å². The van der Waals surface area contributed by atoms with Crippen LogP contribution in [0.25, 0.3) is 57.9 Å². The minimum atomic E-state index is 0.500. The van der Waals surface area contributed by atoms with Crippen molar-refractivity contribution in [2.45, 2.75) is 13.3 Å². The number of amidine groups is 2. The van der Waals surface area contributed by atoms with Crippen LogP contribution in [0.15, 0.2) is 190 Å². The monoisotopic (exact) mass is 784 g/mol. The first-order chi connectivity index (χ1) is 28.5. The number of furan rings is 1. The Morgan fingerprint density at radius 3 is 2.05 bits per heavy atom. The number of nitrogens with zero attached hydrogens (tertiary/aromatic N) is 3. The molecule has 0 radical (unpaired) electrons. The van der Waals surface area contributed by atoms with Crippen molar-refractivity contribution in [1.29, 1.82) is 0 Å². The summed E-state index contributed by atoms with van der Waals surface area (Å²) >= 11 is 3.53. The van der Waals surface area contributed by atoms with Crippen LogP contribution in [-0.4, -0.2) is 17.4 Å². The van der Waals surface area contributed by atoms with E-state index in [4.69, 9.17) is 25.1 Å². The van der Waals surface area contributed by atoms with Crippen LogP contribution in [0.5, 0.6) is 0 Å². The molecule has 278 valence electrons. The molecule has 2 N–H and O–H groups in total. The van der Waals surface area contributed by atoms with Gasteiger partial charge in [-0.2, -0.15) is 0 Å². The molecule has 0 aliphatic rings. The first-order valence-electron chi connectivity index (χ1n) is 19.1. The minimum absolute atomic E-state index is 0.500. The smallest absolute Gasteiger partial charge is 0.161 e. The molecule has 10 aromatic rings. The maximum Gasteiger partial charge on any atom is 0.161 e. The predicted octanol–water partition coefficient (Wildman–Crippen LogP) is 13.7. The Bertz CT molecular complexity index is 3290. The number of hydrogen-bond acceptors (Lipinski definition) is 5. The zero-order valence-corrected chi connectivity index (χ0v) is 33.3. The van der Waals surface area contributed by atoms with E-state index in [1.54, 1.807) is 22.7 Å². The summed E-state index contributed by atoms with van der Waals surface area (Å²) < 4.78 is 10.0. The summed E-state index contributed by atoms with van der Waals surface area (Å²) in [6, 6.07) is 56.0. The van der Waals surface area contributed by atoms with Gasteiger partial charge < -0.3 is 10.2 Å². The molecule has 5 nitrogen and oxygen atoms in total. The maximum atomic E-state index is 6.60. The third-order valence-electron chi connectivity index (χ3n) is 10.5. The van der Waals surface area contributed by atoms with Gasteiger partial charge in [0.1, 0.15) is 17.0 Å². The number of hydrogen-bond donors (Lipinski definition) is 1. The Morgan fingerprint density at radius 1 is 0.603 bits per heavy atom. The van der Waals surface area contributed by atoms with Crippen molar-refractivity contribution >= 4 is 104 Å². The van der Waals surface area contributed by atoms with E-state index in [1.807, 2.05) is 72.8 Å². The Morgan fingerprint density at radius 2 is 1.26 bits per heavy atom. The second kappa shape index (κ2) is 14.9. The number of fused-ring (bicyclic) bond motifs is 7. The van der Waals surface area contributed by atoms with Gasteiger partial charge in [-0.3, -0.25) is 0 Å². The van der Waals surface area contributed by atoms with E-state index < -0.39 is 0 Å². The highest BCUT2D eigenvalue weighted by Crippen LogP contribution is 2.41. The van der Waals surface area contributed by atoms with Gasteiger partial charge in [0.05, 0.1) is 11.4 Å². The molecule has 0 fully saturated rings. The van der Waals surface area contributed by atoms with Gasteiger partial charge in [-0.1, -0.05) is 134 Å². The van der Waals surface area contributed by atoms with Gasteiger partial charge in [0.2, 0.25) is 0 Å². The summed E-state index contributed by atoms with van der Waals surface area (Å²) in [5, 5.41) is 5.57. The van der Waals surface area contributed by atoms with E-state index in [9.17, 15) is 0 Å². The maximum absolute atomic E-state index is 6.60. The van der Waals surface area contributed by atoms with Crippen molar-refractivity contribution in [2.75, 3.05) is 0 Å². The fourth-order valence-corrected chi connectivity index (χ4v) is 10.1. The van der Waals surface area contributed by atoms with Crippen molar-refractivity contribution in [2.24, 2.45) is 20.7 Å². The molecule has 7 heteroatoms. The van der Waals surface area contributed by atoms with Crippen LogP contribution in [0.1, 0.15) is 39.6 Å². The lowest BCUT2D eigenvalue weighted by Crippen LogP contribution is -2.12. The van der Waals surface area contributed by atoms with Crippen molar-refractivity contribution in [3.63, 3.8) is 0 Å². The van der Waals surface area contributed by atoms with Gasteiger partial charge in [-0.05, 0) is 54.4 Å². The summed E-state index contributed by atoms with van der Waals surface area (Å²) in [5.74, 6) is 1.11. The molecule has 0 unspecified atom stereocenters. The highest BCUT2D eigenvalue weighted by atomic mass is 32.1. The van der Waals surface area contributed by atoms with Crippen LogP contribution >= 0.6 is 22.7 Å². The van der Waals surface area contributed by atoms with Crippen LogP contribution < -0.4 is 5.73 Å². The molecular weight excluding hydrogens is 749 g/mol. The average molecular weight is 785 g/mol. The molecule has 0 bridgehead atoms. The van der Waals surface area contributed by atoms with Crippen LogP contribution in [0.3, 0.4) is 0 Å². The van der Waals surface area contributed by atoms with Crippen molar-refractivity contribution < 1.29 is 4.42 Å². The largest absolute Gasteiger partial charge is 0.456 e. The average Bonchev–Trinajstić information content (AvgIpc) is 3.95. The molecular formula is C51H36N4OS2. The lowest BCUT2D eigenvalue weighted by Gasteiger charge is -2.09. The molecule has 58 heavy (non-hydrogen) atoms. The minimum Gasteiger partial charge on any atom is -0.456 e. The number of benzene rings is 7. The standard InChI is InChI=1S/C51H36N4OS2/c1-31(34-15-5-3-6-16-34)53-51(40-23-13-22-38-37-19-9-11-25-44(37)58-49(38)40)54-32(2)36-21-14-24-43-47(36)41-29-33(27-28-42(41)56-43)30-46-48(39-20-10-12-26-45(39)57-46)55-50(52)35-17-7-4-8-18-35/h3-29H,1,30H2,2H3,(H2,52,55). The number of nitrogens with two attached hydrogens (primary N) is 1. The Labute approximate surface area is 343 Å². The normalized spacial score (nSPS) is 12.7. The molecule has 0 atom stereocenters. The summed E-state index contributed by atoms with van der Waals surface area (Å²) in [6.45, 7) is 6.45. The molecule has 7 aromatic carbocycles. The molecule has 0 aliphatic carbocycles. The number of rotatable bonds is 8. The van der Waals surface area contributed by atoms with Crippen molar-refractivity contribution in [3.8, 4) is 0 Å². The summed E-state index contributed by atoms with van der Waals surface area (Å²) in [4.78, 5) is 16.7. The third-order valence-corrected chi connectivity index (χ3v) is 12.9. The highest BCUT2D eigenvalue weighted by Gasteiger charge is 2.19. The van der Waals surface area contributed by atoms with E-state index in [0.29, 0.717) is 23.8 Å². The molecule has 0 saturated heterocycles. The van der Waals surface area contributed by atoms with Crippen LogP contribution in [0.4, 0.5) is 5.69 Å². The van der Waals surface area contributed by atoms with E-state index >= 15 is 0 Å². The third kappa shape index (κ3) is 6.50. The highest BCUT2D eigenvalue weighted by molar-refractivity contribution is 7.26. The van der Waals surface area contributed by atoms with Gasteiger partial charge in [0, 0.05) is 74.7 Å². The number of thiophene rings is 2. The van der Waals surface area contributed by atoms with Crippen molar-refractivity contribution in [1.82, 2.24) is 0 Å². The molecule has 0 amide bonds. The Hall–Kier alpha value is -6.93. The second-order valence-corrected chi connectivity index (χ2v) is 16.4. The molecule has 0 aliphatic heterocycles. The summed E-state index contributed by atoms with van der Waals surface area (Å²) in [7, 11) is 0. The zero-order chi connectivity index (χ0) is 39.2. The first kappa shape index (κ1) is 35.5. The lowest BCUT2D eigenvalue weighted by molar-refractivity contribution is 0.669. The summed E-state index contributed by atoms with van der Waals surface area (Å²) in [6.07, 6.45) is 0.690. The second-order valence-electron chi connectivity index (χ2n) is 14.2. The van der Waals surface area contributed by atoms with Gasteiger partial charge >= 0.3 is 0 Å². The fraction of sp³-hybridized carbons (Fsp3) is 0.0392. The van der Waals surface area contributed by atoms with E-state index in [-0.39, 0.29) is 0 Å².